The molecule has 0 amide bonds. The van der Waals surface area contributed by atoms with E-state index in [2.05, 4.69) is 46.4 Å². The van der Waals surface area contributed by atoms with Crippen molar-refractivity contribution in [3.8, 4) is 0 Å². The van der Waals surface area contributed by atoms with E-state index in [1.807, 2.05) is 13.8 Å². The first-order chi connectivity index (χ1) is 7.21. The summed E-state index contributed by atoms with van der Waals surface area (Å²) in [6.07, 6.45) is 2.75. The molecule has 0 aromatic carbocycles. The van der Waals surface area contributed by atoms with Crippen LogP contribution in [0.1, 0.15) is 68.2 Å². The SMILES string of the molecule is CC.CC(C)(C)C1CCN(C(C)(C)C)CC1. The molecule has 1 heterocycles. The van der Waals surface area contributed by atoms with Crippen LogP contribution in [-0.2, 0) is 0 Å². The van der Waals surface area contributed by atoms with Crippen molar-refractivity contribution in [3.05, 3.63) is 0 Å². The molecule has 0 aromatic heterocycles. The Kier molecular flexibility index (Phi) is 6.03. The Morgan fingerprint density at radius 2 is 1.19 bits per heavy atom. The lowest BCUT2D eigenvalue weighted by molar-refractivity contribution is 0.0532. The fourth-order valence-corrected chi connectivity index (χ4v) is 2.42. The van der Waals surface area contributed by atoms with Gasteiger partial charge >= 0.3 is 0 Å². The summed E-state index contributed by atoms with van der Waals surface area (Å²) in [6.45, 7) is 20.7. The first kappa shape index (κ1) is 16.0. The number of likely N-dealkylation sites (tertiary alicyclic amines) is 1. The lowest BCUT2D eigenvalue weighted by Gasteiger charge is -2.44. The van der Waals surface area contributed by atoms with Crippen LogP contribution in [0, 0.1) is 11.3 Å². The summed E-state index contributed by atoms with van der Waals surface area (Å²) >= 11 is 0. The van der Waals surface area contributed by atoms with Crippen LogP contribution in [0.2, 0.25) is 0 Å². The van der Waals surface area contributed by atoms with Crippen molar-refractivity contribution in [2.45, 2.75) is 73.8 Å². The summed E-state index contributed by atoms with van der Waals surface area (Å²) in [5.74, 6) is 0.918. The first-order valence-corrected chi connectivity index (χ1v) is 6.96. The zero-order valence-corrected chi connectivity index (χ0v) is 12.9. The highest BCUT2D eigenvalue weighted by Crippen LogP contribution is 2.35. The molecule has 0 bridgehead atoms. The molecule has 0 unspecified atom stereocenters. The molecule has 0 aliphatic carbocycles. The lowest BCUT2D eigenvalue weighted by Crippen LogP contribution is -2.47. The molecule has 98 valence electrons. The molecule has 0 saturated carbocycles. The van der Waals surface area contributed by atoms with Gasteiger partial charge < -0.3 is 0 Å². The van der Waals surface area contributed by atoms with E-state index in [4.69, 9.17) is 0 Å². The number of rotatable bonds is 0. The molecule has 1 aliphatic heterocycles. The molecule has 1 heteroatoms. The zero-order chi connectivity index (χ0) is 13.0. The zero-order valence-electron chi connectivity index (χ0n) is 12.9. The van der Waals surface area contributed by atoms with Crippen LogP contribution in [-0.4, -0.2) is 23.5 Å². The van der Waals surface area contributed by atoms with Crippen molar-refractivity contribution in [3.63, 3.8) is 0 Å². The molecule has 0 N–H and O–H groups in total. The Morgan fingerprint density at radius 1 is 0.812 bits per heavy atom. The minimum absolute atomic E-state index is 0.364. The average molecular weight is 227 g/mol. The Balaban J connectivity index is 0.00000106. The topological polar surface area (TPSA) is 3.24 Å². The highest BCUT2D eigenvalue weighted by Gasteiger charge is 2.32. The first-order valence-electron chi connectivity index (χ1n) is 6.96. The number of hydrogen-bond donors (Lipinski definition) is 0. The van der Waals surface area contributed by atoms with E-state index in [0.29, 0.717) is 11.0 Å². The predicted octanol–water partition coefficient (Wildman–Crippen LogP) is 4.57. The molecule has 1 saturated heterocycles. The van der Waals surface area contributed by atoms with Crippen molar-refractivity contribution >= 4 is 0 Å². The molecule has 0 atom stereocenters. The van der Waals surface area contributed by atoms with Crippen molar-refractivity contribution in [2.24, 2.45) is 11.3 Å². The molecule has 0 aromatic rings. The van der Waals surface area contributed by atoms with Crippen LogP contribution in [0.25, 0.3) is 0 Å². The van der Waals surface area contributed by atoms with Gasteiger partial charge in [0.2, 0.25) is 0 Å². The van der Waals surface area contributed by atoms with Crippen LogP contribution >= 0.6 is 0 Å². The van der Waals surface area contributed by atoms with Crippen molar-refractivity contribution in [1.82, 2.24) is 4.90 Å². The van der Waals surface area contributed by atoms with Crippen molar-refractivity contribution < 1.29 is 0 Å². The molecular weight excluding hydrogens is 194 g/mol. The van der Waals surface area contributed by atoms with E-state index >= 15 is 0 Å². The van der Waals surface area contributed by atoms with Gasteiger partial charge in [-0.15, -0.1) is 0 Å². The lowest BCUT2D eigenvalue weighted by atomic mass is 9.75. The van der Waals surface area contributed by atoms with Crippen LogP contribution in [0.4, 0.5) is 0 Å². The minimum atomic E-state index is 0.364. The molecule has 1 aliphatic rings. The largest absolute Gasteiger partial charge is 0.298 e. The normalized spacial score (nSPS) is 20.2. The molecule has 0 radical (unpaired) electrons. The van der Waals surface area contributed by atoms with Crippen LogP contribution in [0.15, 0.2) is 0 Å². The second kappa shape index (κ2) is 6.05. The summed E-state index contributed by atoms with van der Waals surface area (Å²) < 4.78 is 0. The van der Waals surface area contributed by atoms with E-state index in [1.54, 1.807) is 0 Å². The fraction of sp³-hybridized carbons (Fsp3) is 1.00. The summed E-state index contributed by atoms with van der Waals surface area (Å²) in [4.78, 5) is 2.62. The number of piperidine rings is 1. The van der Waals surface area contributed by atoms with Gasteiger partial charge in [-0.05, 0) is 58.0 Å². The molecule has 0 spiro atoms. The molecule has 1 fully saturated rings. The number of nitrogens with zero attached hydrogens (tertiary/aromatic N) is 1. The van der Waals surface area contributed by atoms with E-state index in [1.165, 1.54) is 25.9 Å². The molecule has 16 heavy (non-hydrogen) atoms. The van der Waals surface area contributed by atoms with Gasteiger partial charge in [0.1, 0.15) is 0 Å². The Labute approximate surface area is 104 Å². The summed E-state index contributed by atoms with van der Waals surface area (Å²) in [7, 11) is 0. The standard InChI is InChI=1S/C13H27N.C2H6/c1-12(2,3)11-7-9-14(10-8-11)13(4,5)6;1-2/h11H,7-10H2,1-6H3;1-2H3. The van der Waals surface area contributed by atoms with E-state index in [0.717, 1.165) is 5.92 Å². The summed E-state index contributed by atoms with van der Waals surface area (Å²) in [5.41, 5.74) is 0.868. The second-order valence-corrected chi connectivity index (χ2v) is 6.80. The third-order valence-corrected chi connectivity index (χ3v) is 3.67. The Bertz CT molecular complexity index is 153. The predicted molar refractivity (Wildman–Crippen MR) is 74.9 cm³/mol. The molecule has 1 rings (SSSR count). The Hall–Kier alpha value is -0.0400. The van der Waals surface area contributed by atoms with Crippen molar-refractivity contribution in [1.29, 1.82) is 0 Å². The monoisotopic (exact) mass is 227 g/mol. The Morgan fingerprint density at radius 3 is 1.44 bits per heavy atom. The number of hydrogen-bond acceptors (Lipinski definition) is 1. The molecular formula is C15H33N. The van der Waals surface area contributed by atoms with E-state index in [9.17, 15) is 0 Å². The van der Waals surface area contributed by atoms with Gasteiger partial charge in [-0.1, -0.05) is 34.6 Å². The van der Waals surface area contributed by atoms with Gasteiger partial charge in [0.05, 0.1) is 0 Å². The van der Waals surface area contributed by atoms with Gasteiger partial charge in [0.15, 0.2) is 0 Å². The summed E-state index contributed by atoms with van der Waals surface area (Å²) in [5, 5.41) is 0. The maximum atomic E-state index is 2.62. The molecule has 1 nitrogen and oxygen atoms in total. The fourth-order valence-electron chi connectivity index (χ4n) is 2.42. The van der Waals surface area contributed by atoms with Crippen molar-refractivity contribution in [2.75, 3.05) is 13.1 Å². The van der Waals surface area contributed by atoms with E-state index < -0.39 is 0 Å². The smallest absolute Gasteiger partial charge is 0.0125 e. The maximum absolute atomic E-state index is 2.62. The van der Waals surface area contributed by atoms with Crippen LogP contribution in [0.5, 0.6) is 0 Å². The highest BCUT2D eigenvalue weighted by molar-refractivity contribution is 4.85. The minimum Gasteiger partial charge on any atom is -0.298 e. The quantitative estimate of drug-likeness (QED) is 0.586. The van der Waals surface area contributed by atoms with Crippen LogP contribution in [0.3, 0.4) is 0 Å². The van der Waals surface area contributed by atoms with Gasteiger partial charge in [-0.3, -0.25) is 4.90 Å². The van der Waals surface area contributed by atoms with Gasteiger partial charge in [-0.25, -0.2) is 0 Å². The summed E-state index contributed by atoms with van der Waals surface area (Å²) in [6, 6.07) is 0. The maximum Gasteiger partial charge on any atom is 0.0125 e. The van der Waals surface area contributed by atoms with E-state index in [-0.39, 0.29) is 0 Å². The highest BCUT2D eigenvalue weighted by atomic mass is 15.2. The van der Waals surface area contributed by atoms with Crippen LogP contribution < -0.4 is 0 Å². The third-order valence-electron chi connectivity index (χ3n) is 3.67. The second-order valence-electron chi connectivity index (χ2n) is 6.80. The van der Waals surface area contributed by atoms with Gasteiger partial charge in [-0.2, -0.15) is 0 Å². The third kappa shape index (κ3) is 4.86. The van der Waals surface area contributed by atoms with Gasteiger partial charge in [0.25, 0.3) is 0 Å². The average Bonchev–Trinajstić information content (AvgIpc) is 2.18. The van der Waals surface area contributed by atoms with Gasteiger partial charge in [0, 0.05) is 5.54 Å².